The summed E-state index contributed by atoms with van der Waals surface area (Å²) in [5.41, 5.74) is 7.59. The highest BCUT2D eigenvalue weighted by Gasteiger charge is 2.46. The van der Waals surface area contributed by atoms with Crippen LogP contribution in [0.25, 0.3) is 22.3 Å². The average molecular weight is 1010 g/mol. The molecule has 2 aliphatic carbocycles. The van der Waals surface area contributed by atoms with Crippen molar-refractivity contribution in [3.05, 3.63) is 132 Å². The number of hydrogen-bond donors (Lipinski definition) is 0. The number of nitrogens with zero attached hydrogens (tertiary/aromatic N) is 4. The van der Waals surface area contributed by atoms with Crippen LogP contribution in [0.1, 0.15) is 104 Å². The molecular weight excluding hydrogens is 925 g/mol. The molecule has 0 fully saturated rings. The summed E-state index contributed by atoms with van der Waals surface area (Å²) >= 11 is 0. The zero-order chi connectivity index (χ0) is 52.7. The maximum absolute atomic E-state index is 13.4. The van der Waals surface area contributed by atoms with Crippen molar-refractivity contribution in [3.8, 4) is 22.3 Å². The lowest BCUT2D eigenvalue weighted by atomic mass is 9.80. The van der Waals surface area contributed by atoms with Crippen molar-refractivity contribution >= 4 is 35.6 Å². The van der Waals surface area contributed by atoms with E-state index in [0.29, 0.717) is 0 Å². The van der Waals surface area contributed by atoms with Crippen LogP contribution in [0.3, 0.4) is 0 Å². The van der Waals surface area contributed by atoms with Crippen molar-refractivity contribution in [1.82, 2.24) is 19.6 Å². The van der Waals surface area contributed by atoms with E-state index in [2.05, 4.69) is 55.1 Å². The molecule has 0 aromatic heterocycles. The van der Waals surface area contributed by atoms with Crippen LogP contribution in [0.15, 0.2) is 110 Å². The number of hydrogen-bond acceptors (Lipinski definition) is 10. The first-order valence-electron chi connectivity index (χ1n) is 23.9. The van der Waals surface area contributed by atoms with Gasteiger partial charge in [-0.25, -0.2) is 9.59 Å². The highest BCUT2D eigenvalue weighted by atomic mass is 16.7. The van der Waals surface area contributed by atoms with Crippen LogP contribution in [-0.2, 0) is 38.1 Å². The van der Waals surface area contributed by atoms with E-state index >= 15 is 0 Å². The van der Waals surface area contributed by atoms with Gasteiger partial charge in [-0.15, -0.1) is 6.58 Å². The third-order valence-electron chi connectivity index (χ3n) is 14.3. The highest BCUT2D eigenvalue weighted by molar-refractivity contribution is 5.92. The number of carbonyl (C=O) groups excluding carboxylic acids is 6. The first-order chi connectivity index (χ1) is 33.5. The quantitative estimate of drug-likeness (QED) is 0.0695. The summed E-state index contributed by atoms with van der Waals surface area (Å²) in [6.45, 7) is 17.6. The maximum atomic E-state index is 13.4. The molecule has 0 N–H and O–H groups in total. The van der Waals surface area contributed by atoms with Gasteiger partial charge in [-0.3, -0.25) is 29.0 Å². The third-order valence-corrected chi connectivity index (χ3v) is 14.3. The standard InChI is InChI=1S/C29H38N2O6.C28H34N2O4.2CH4/c1-18(26(33)31(6)25(19(2)32)29(3,4)27(35-7)36-8)30(5)28(34)37-17-24-22-15-11-9-13-20(22)21-14-10-12-16-23(21)24;1-8-28(4,5)25(19(3)31)30(7)26(32)18(2)29(6)27(33)34-17-24-22-15-11-9-13-20(22)21-14-10-12-16-23(21)24;;/h9-16,18,24-25,27H,17H2,1-8H3;8-16,18,24-25H,1,17H2,2-7H3;2*1H4/t2*18-,25-;;/m11../s1. The molecule has 0 unspecified atom stereocenters. The number of methoxy groups -OCH3 is 2. The third kappa shape index (κ3) is 12.6. The van der Waals surface area contributed by atoms with E-state index in [4.69, 9.17) is 18.9 Å². The van der Waals surface area contributed by atoms with Crippen LogP contribution in [0.2, 0.25) is 0 Å². The average Bonchev–Trinajstić information content (AvgIpc) is 3.85. The van der Waals surface area contributed by atoms with Gasteiger partial charge in [0.15, 0.2) is 17.9 Å². The van der Waals surface area contributed by atoms with Crippen molar-refractivity contribution < 1.29 is 47.7 Å². The van der Waals surface area contributed by atoms with Gasteiger partial charge in [-0.1, -0.05) is 146 Å². The van der Waals surface area contributed by atoms with E-state index in [0.717, 1.165) is 44.5 Å². The lowest BCUT2D eigenvalue weighted by molar-refractivity contribution is -0.190. The summed E-state index contributed by atoms with van der Waals surface area (Å²) < 4.78 is 22.2. The molecule has 0 spiro atoms. The molecule has 0 heterocycles. The first-order valence-corrected chi connectivity index (χ1v) is 23.9. The van der Waals surface area contributed by atoms with Gasteiger partial charge >= 0.3 is 12.2 Å². The second-order valence-corrected chi connectivity index (χ2v) is 19.8. The zero-order valence-corrected chi connectivity index (χ0v) is 43.8. The van der Waals surface area contributed by atoms with Crippen molar-refractivity contribution in [1.29, 1.82) is 0 Å². The molecule has 396 valence electrons. The summed E-state index contributed by atoms with van der Waals surface area (Å²) in [7, 11) is 9.18. The van der Waals surface area contributed by atoms with Crippen molar-refractivity contribution in [2.45, 2.75) is 113 Å². The Bertz CT molecular complexity index is 2510. The van der Waals surface area contributed by atoms with Gasteiger partial charge in [0.2, 0.25) is 11.8 Å². The van der Waals surface area contributed by atoms with Gasteiger partial charge in [-0.05, 0) is 72.2 Å². The van der Waals surface area contributed by atoms with E-state index < -0.39 is 59.4 Å². The number of carbonyl (C=O) groups is 6. The fourth-order valence-electron chi connectivity index (χ4n) is 10.4. The van der Waals surface area contributed by atoms with E-state index in [9.17, 15) is 28.8 Å². The molecule has 14 heteroatoms. The number of rotatable bonds is 18. The fourth-order valence-corrected chi connectivity index (χ4v) is 10.4. The minimum atomic E-state index is -0.859. The molecular formula is C59H80N4O10. The second-order valence-electron chi connectivity index (χ2n) is 19.8. The minimum absolute atomic E-state index is 0. The second kappa shape index (κ2) is 25.3. The van der Waals surface area contributed by atoms with Crippen molar-refractivity contribution in [3.63, 3.8) is 0 Å². The molecule has 0 bridgehead atoms. The zero-order valence-electron chi connectivity index (χ0n) is 43.8. The van der Waals surface area contributed by atoms with Crippen LogP contribution in [0.4, 0.5) is 9.59 Å². The van der Waals surface area contributed by atoms with Crippen LogP contribution >= 0.6 is 0 Å². The van der Waals surface area contributed by atoms with Gasteiger partial charge in [0, 0.05) is 65.1 Å². The monoisotopic (exact) mass is 1000 g/mol. The molecule has 6 rings (SSSR count). The lowest BCUT2D eigenvalue weighted by Crippen LogP contribution is -2.59. The van der Waals surface area contributed by atoms with Crippen molar-refractivity contribution in [2.24, 2.45) is 10.8 Å². The Balaban J connectivity index is 0.000000376. The summed E-state index contributed by atoms with van der Waals surface area (Å²) in [5, 5.41) is 0. The molecule has 4 aromatic carbocycles. The smallest absolute Gasteiger partial charge is 0.410 e. The Morgan fingerprint density at radius 2 is 0.822 bits per heavy atom. The van der Waals surface area contributed by atoms with Crippen molar-refractivity contribution in [2.75, 3.05) is 55.6 Å². The van der Waals surface area contributed by atoms with Crippen LogP contribution in [-0.4, -0.2) is 141 Å². The summed E-state index contributed by atoms with van der Waals surface area (Å²) in [4.78, 5) is 82.8. The van der Waals surface area contributed by atoms with Gasteiger partial charge in [0.25, 0.3) is 0 Å². The number of amides is 4. The Morgan fingerprint density at radius 1 is 0.534 bits per heavy atom. The van der Waals surface area contributed by atoms with Crippen LogP contribution in [0.5, 0.6) is 0 Å². The molecule has 0 saturated heterocycles. The van der Waals surface area contributed by atoms with Crippen LogP contribution in [0, 0.1) is 10.8 Å². The highest BCUT2D eigenvalue weighted by Crippen LogP contribution is 2.46. The number of benzene rings is 4. The van der Waals surface area contributed by atoms with Gasteiger partial charge in [0.05, 0.1) is 12.1 Å². The predicted octanol–water partition coefficient (Wildman–Crippen LogP) is 10.5. The maximum Gasteiger partial charge on any atom is 0.410 e. The number of likely N-dealkylation sites (N-methyl/N-ethyl adjacent to an activating group) is 4. The number of ketones is 2. The van der Waals surface area contributed by atoms with E-state index in [1.807, 2.05) is 62.4 Å². The first kappa shape index (κ1) is 60.7. The molecule has 73 heavy (non-hydrogen) atoms. The molecule has 0 aliphatic heterocycles. The minimum Gasteiger partial charge on any atom is -0.448 e. The predicted molar refractivity (Wildman–Crippen MR) is 288 cm³/mol. The molecule has 14 nitrogen and oxygen atoms in total. The molecule has 0 saturated carbocycles. The normalized spacial score (nSPS) is 14.1. The Hall–Kier alpha value is -6.64. The molecule has 4 atom stereocenters. The molecule has 0 radical (unpaired) electrons. The SMILES string of the molecule is C.C.C=CC(C)(C)[C@@H](C(C)=O)N(C)C(=O)[C@@H](C)N(C)C(=O)OCC1c2ccccc2-c2ccccc21.COC(OC)C(C)(C)[C@@H](C(C)=O)N(C)C(=O)[C@@H](C)N(C)C(=O)OCC1c2ccccc2-c2ccccc21. The molecule has 2 aliphatic rings. The lowest BCUT2D eigenvalue weighted by Gasteiger charge is -2.43. The number of fused-ring (bicyclic) bond motifs is 6. The molecule has 4 aromatic rings. The van der Waals surface area contributed by atoms with Crippen LogP contribution < -0.4 is 0 Å². The largest absolute Gasteiger partial charge is 0.448 e. The van der Waals surface area contributed by atoms with Gasteiger partial charge in [0.1, 0.15) is 25.3 Å². The Kier molecular flexibility index (Phi) is 21.1. The number of Topliss-reactive ketones (excluding diaryl/α,β-unsaturated/α-hetero) is 2. The molecule has 4 amide bonds. The summed E-state index contributed by atoms with van der Waals surface area (Å²) in [6.07, 6.45) is -0.241. The van der Waals surface area contributed by atoms with E-state index in [1.54, 1.807) is 47.9 Å². The topological polar surface area (TPSA) is 152 Å². The Labute approximate surface area is 434 Å². The Morgan fingerprint density at radius 3 is 1.10 bits per heavy atom. The summed E-state index contributed by atoms with van der Waals surface area (Å²) in [6, 6.07) is 29.3. The summed E-state index contributed by atoms with van der Waals surface area (Å²) in [5.74, 6) is -1.23. The van der Waals surface area contributed by atoms with Gasteiger partial charge < -0.3 is 28.7 Å². The van der Waals surface area contributed by atoms with Gasteiger partial charge in [-0.2, -0.15) is 0 Å². The number of ether oxygens (including phenoxy) is 4. The fraction of sp³-hybridized carbons (Fsp3) is 0.458. The van der Waals surface area contributed by atoms with E-state index in [-0.39, 0.29) is 57.4 Å². The van der Waals surface area contributed by atoms with E-state index in [1.165, 1.54) is 61.8 Å².